The molecule has 92 valence electrons. The number of benzene rings is 1. The molecular weight excluding hydrogens is 287 g/mol. The normalized spacial score (nSPS) is 19.4. The summed E-state index contributed by atoms with van der Waals surface area (Å²) in [6.45, 7) is 1.30. The van der Waals surface area contributed by atoms with Gasteiger partial charge in [-0.15, -0.1) is 0 Å². The van der Waals surface area contributed by atoms with Crippen molar-refractivity contribution in [3.8, 4) is 0 Å². The van der Waals surface area contributed by atoms with E-state index in [2.05, 4.69) is 26.6 Å². The predicted octanol–water partition coefficient (Wildman–Crippen LogP) is 1.96. The van der Waals surface area contributed by atoms with E-state index in [0.717, 1.165) is 16.5 Å². The van der Waals surface area contributed by atoms with Crippen LogP contribution in [0.1, 0.15) is 18.4 Å². The average Bonchev–Trinajstić information content (AvgIpc) is 2.69. The summed E-state index contributed by atoms with van der Waals surface area (Å²) in [5.41, 5.74) is 0.884. The van der Waals surface area contributed by atoms with Crippen molar-refractivity contribution >= 4 is 21.8 Å². The van der Waals surface area contributed by atoms with Gasteiger partial charge in [0.05, 0.1) is 0 Å². The second kappa shape index (κ2) is 5.60. The molecule has 0 aliphatic carbocycles. The fourth-order valence-corrected chi connectivity index (χ4v) is 2.28. The minimum Gasteiger partial charge on any atom is -0.352 e. The SMILES string of the molecule is O=C1CCC(CNCc2cc(F)ccc2Br)N1. The number of hydrogen-bond acceptors (Lipinski definition) is 2. The summed E-state index contributed by atoms with van der Waals surface area (Å²) >= 11 is 3.38. The van der Waals surface area contributed by atoms with Crippen LogP contribution in [0.5, 0.6) is 0 Å². The zero-order valence-corrected chi connectivity index (χ0v) is 10.9. The molecule has 1 aromatic rings. The van der Waals surface area contributed by atoms with E-state index in [9.17, 15) is 9.18 Å². The van der Waals surface area contributed by atoms with Crippen LogP contribution in [0.15, 0.2) is 22.7 Å². The van der Waals surface area contributed by atoms with Gasteiger partial charge in [0.2, 0.25) is 5.91 Å². The van der Waals surface area contributed by atoms with Crippen molar-refractivity contribution in [3.05, 3.63) is 34.1 Å². The first-order valence-electron chi connectivity index (χ1n) is 5.59. The molecule has 1 atom stereocenters. The highest BCUT2D eigenvalue weighted by molar-refractivity contribution is 9.10. The minimum absolute atomic E-state index is 0.115. The molecule has 1 heterocycles. The van der Waals surface area contributed by atoms with Crippen LogP contribution in [0.2, 0.25) is 0 Å². The Kier molecular flexibility index (Phi) is 4.12. The van der Waals surface area contributed by atoms with Gasteiger partial charge in [-0.05, 0) is 30.2 Å². The Morgan fingerprint density at radius 1 is 1.53 bits per heavy atom. The lowest BCUT2D eigenvalue weighted by atomic mass is 10.2. The third kappa shape index (κ3) is 3.51. The molecule has 5 heteroatoms. The van der Waals surface area contributed by atoms with Crippen molar-refractivity contribution in [1.29, 1.82) is 0 Å². The van der Waals surface area contributed by atoms with E-state index >= 15 is 0 Å². The molecule has 1 aromatic carbocycles. The molecule has 0 saturated carbocycles. The van der Waals surface area contributed by atoms with Gasteiger partial charge in [-0.25, -0.2) is 4.39 Å². The molecular formula is C12H14BrFN2O. The highest BCUT2D eigenvalue weighted by Crippen LogP contribution is 2.17. The van der Waals surface area contributed by atoms with Gasteiger partial charge in [0.15, 0.2) is 0 Å². The summed E-state index contributed by atoms with van der Waals surface area (Å²) in [5.74, 6) is -0.122. The van der Waals surface area contributed by atoms with Crippen LogP contribution >= 0.6 is 15.9 Å². The first kappa shape index (κ1) is 12.5. The Balaban J connectivity index is 1.81. The molecule has 2 rings (SSSR count). The second-order valence-electron chi connectivity index (χ2n) is 4.17. The van der Waals surface area contributed by atoms with Crippen molar-refractivity contribution in [3.63, 3.8) is 0 Å². The van der Waals surface area contributed by atoms with Crippen LogP contribution < -0.4 is 10.6 Å². The molecule has 1 aliphatic rings. The van der Waals surface area contributed by atoms with Crippen LogP contribution in [0, 0.1) is 5.82 Å². The van der Waals surface area contributed by atoms with E-state index in [1.54, 1.807) is 6.07 Å². The molecule has 17 heavy (non-hydrogen) atoms. The highest BCUT2D eigenvalue weighted by atomic mass is 79.9. The minimum atomic E-state index is -0.237. The van der Waals surface area contributed by atoms with Gasteiger partial charge in [-0.2, -0.15) is 0 Å². The van der Waals surface area contributed by atoms with Crippen LogP contribution in [-0.2, 0) is 11.3 Å². The smallest absolute Gasteiger partial charge is 0.220 e. The first-order chi connectivity index (χ1) is 8.15. The summed E-state index contributed by atoms with van der Waals surface area (Å²) in [6.07, 6.45) is 1.48. The summed E-state index contributed by atoms with van der Waals surface area (Å²) in [7, 11) is 0. The zero-order valence-electron chi connectivity index (χ0n) is 9.30. The Hall–Kier alpha value is -0.940. The maximum atomic E-state index is 13.0. The molecule has 2 N–H and O–H groups in total. The van der Waals surface area contributed by atoms with Gasteiger partial charge in [0, 0.05) is 30.0 Å². The van der Waals surface area contributed by atoms with E-state index in [0.29, 0.717) is 19.5 Å². The lowest BCUT2D eigenvalue weighted by molar-refractivity contribution is -0.119. The van der Waals surface area contributed by atoms with Gasteiger partial charge in [0.1, 0.15) is 5.82 Å². The zero-order chi connectivity index (χ0) is 12.3. The largest absolute Gasteiger partial charge is 0.352 e. The Morgan fingerprint density at radius 2 is 2.35 bits per heavy atom. The molecule has 0 spiro atoms. The summed E-state index contributed by atoms with van der Waals surface area (Å²) in [6, 6.07) is 4.83. The third-order valence-corrected chi connectivity index (χ3v) is 3.57. The Morgan fingerprint density at radius 3 is 3.06 bits per heavy atom. The van der Waals surface area contributed by atoms with E-state index < -0.39 is 0 Å². The summed E-state index contributed by atoms with van der Waals surface area (Å²) < 4.78 is 13.9. The highest BCUT2D eigenvalue weighted by Gasteiger charge is 2.19. The number of rotatable bonds is 4. The lowest BCUT2D eigenvalue weighted by Crippen LogP contribution is -2.35. The lowest BCUT2D eigenvalue weighted by Gasteiger charge is -2.12. The van der Waals surface area contributed by atoms with Gasteiger partial charge in [0.25, 0.3) is 0 Å². The molecule has 1 amide bonds. The van der Waals surface area contributed by atoms with Crippen molar-refractivity contribution in [1.82, 2.24) is 10.6 Å². The summed E-state index contributed by atoms with van der Waals surface area (Å²) in [5, 5.41) is 6.10. The molecule has 1 aliphatic heterocycles. The van der Waals surface area contributed by atoms with Crippen molar-refractivity contribution in [2.45, 2.75) is 25.4 Å². The van der Waals surface area contributed by atoms with E-state index in [1.807, 2.05) is 0 Å². The Labute approximate surface area is 108 Å². The van der Waals surface area contributed by atoms with Crippen LogP contribution in [-0.4, -0.2) is 18.5 Å². The predicted molar refractivity (Wildman–Crippen MR) is 67.0 cm³/mol. The quantitative estimate of drug-likeness (QED) is 0.892. The number of carbonyl (C=O) groups excluding carboxylic acids is 1. The second-order valence-corrected chi connectivity index (χ2v) is 5.02. The summed E-state index contributed by atoms with van der Waals surface area (Å²) in [4.78, 5) is 11.0. The maximum Gasteiger partial charge on any atom is 0.220 e. The maximum absolute atomic E-state index is 13.0. The monoisotopic (exact) mass is 300 g/mol. The fourth-order valence-electron chi connectivity index (χ4n) is 1.89. The molecule has 1 fully saturated rings. The van der Waals surface area contributed by atoms with Gasteiger partial charge >= 0.3 is 0 Å². The van der Waals surface area contributed by atoms with Crippen LogP contribution in [0.25, 0.3) is 0 Å². The van der Waals surface area contributed by atoms with Gasteiger partial charge in [-0.1, -0.05) is 15.9 Å². The average molecular weight is 301 g/mol. The topological polar surface area (TPSA) is 41.1 Å². The number of hydrogen-bond donors (Lipinski definition) is 2. The number of amides is 1. The number of nitrogens with one attached hydrogen (secondary N) is 2. The standard InChI is InChI=1S/C12H14BrFN2O/c13-11-3-1-9(14)5-8(11)6-15-7-10-2-4-12(17)16-10/h1,3,5,10,15H,2,4,6-7H2,(H,16,17). The molecule has 3 nitrogen and oxygen atoms in total. The molecule has 1 unspecified atom stereocenters. The molecule has 0 radical (unpaired) electrons. The molecule has 0 bridgehead atoms. The number of halogens is 2. The van der Waals surface area contributed by atoms with Gasteiger partial charge in [-0.3, -0.25) is 4.79 Å². The van der Waals surface area contributed by atoms with E-state index in [1.165, 1.54) is 12.1 Å². The van der Waals surface area contributed by atoms with Crippen molar-refractivity contribution < 1.29 is 9.18 Å². The van der Waals surface area contributed by atoms with E-state index in [4.69, 9.17) is 0 Å². The Bertz CT molecular complexity index is 425. The fraction of sp³-hybridized carbons (Fsp3) is 0.417. The third-order valence-electron chi connectivity index (χ3n) is 2.80. The molecule has 0 aromatic heterocycles. The first-order valence-corrected chi connectivity index (χ1v) is 6.38. The van der Waals surface area contributed by atoms with Crippen molar-refractivity contribution in [2.24, 2.45) is 0 Å². The molecule has 1 saturated heterocycles. The van der Waals surface area contributed by atoms with E-state index in [-0.39, 0.29) is 17.8 Å². The number of carbonyl (C=O) groups is 1. The van der Waals surface area contributed by atoms with Crippen molar-refractivity contribution in [2.75, 3.05) is 6.54 Å². The van der Waals surface area contributed by atoms with Crippen LogP contribution in [0.4, 0.5) is 4.39 Å². The van der Waals surface area contributed by atoms with Gasteiger partial charge < -0.3 is 10.6 Å². The van der Waals surface area contributed by atoms with Crippen LogP contribution in [0.3, 0.4) is 0 Å².